The van der Waals surface area contributed by atoms with Gasteiger partial charge in [0.25, 0.3) is 5.91 Å². The molecule has 1 saturated carbocycles. The third-order valence-electron chi connectivity index (χ3n) is 5.69. The van der Waals surface area contributed by atoms with Gasteiger partial charge >= 0.3 is 0 Å². The Labute approximate surface area is 145 Å². The van der Waals surface area contributed by atoms with Crippen molar-refractivity contribution >= 4 is 17.2 Å². The van der Waals surface area contributed by atoms with Crippen LogP contribution in [0.4, 0.5) is 0 Å². The first-order chi connectivity index (χ1) is 11.8. The number of likely N-dealkylation sites (tertiary alicyclic amines) is 1. The van der Waals surface area contributed by atoms with E-state index in [0.29, 0.717) is 11.8 Å². The van der Waals surface area contributed by atoms with E-state index in [0.717, 1.165) is 55.4 Å². The molecular weight excluding hydrogens is 320 g/mol. The van der Waals surface area contributed by atoms with E-state index in [-0.39, 0.29) is 5.91 Å². The molecule has 126 valence electrons. The Hall–Kier alpha value is -1.69. The summed E-state index contributed by atoms with van der Waals surface area (Å²) >= 11 is 1.62. The zero-order valence-corrected chi connectivity index (χ0v) is 14.6. The Morgan fingerprint density at radius 3 is 2.71 bits per heavy atom. The van der Waals surface area contributed by atoms with Gasteiger partial charge in [0.05, 0.1) is 4.88 Å². The van der Waals surface area contributed by atoms with Crippen LogP contribution in [0.1, 0.15) is 70.8 Å². The minimum Gasteiger partial charge on any atom is -0.338 e. The highest BCUT2D eigenvalue weighted by Crippen LogP contribution is 2.43. The quantitative estimate of drug-likeness (QED) is 0.861. The van der Waals surface area contributed by atoms with Crippen LogP contribution in [-0.4, -0.2) is 38.7 Å². The van der Waals surface area contributed by atoms with Crippen LogP contribution in [0, 0.1) is 0 Å². The lowest BCUT2D eigenvalue weighted by Gasteiger charge is -2.31. The second-order valence-corrected chi connectivity index (χ2v) is 8.19. The van der Waals surface area contributed by atoms with Crippen molar-refractivity contribution in [1.82, 2.24) is 19.7 Å². The lowest BCUT2D eigenvalue weighted by Crippen LogP contribution is -2.38. The minimum absolute atomic E-state index is 0.247. The Balaban J connectivity index is 1.28. The number of aromatic nitrogens is 3. The van der Waals surface area contributed by atoms with Gasteiger partial charge in [-0.15, -0.1) is 21.5 Å². The first-order valence-corrected chi connectivity index (χ1v) is 9.98. The standard InChI is InChI=1S/C18H22N4OS/c23-18(16-14(7-11-24-16)12-3-4-12)21-9-5-13(6-10-21)17-20-19-15-2-1-8-22(15)17/h7,11-13H,1-6,8-10H2. The predicted molar refractivity (Wildman–Crippen MR) is 92.5 cm³/mol. The number of piperidine rings is 1. The Morgan fingerprint density at radius 1 is 1.08 bits per heavy atom. The summed E-state index contributed by atoms with van der Waals surface area (Å²) < 4.78 is 2.31. The highest BCUT2D eigenvalue weighted by molar-refractivity contribution is 7.12. The maximum atomic E-state index is 12.9. The Kier molecular flexibility index (Phi) is 3.47. The molecule has 0 N–H and O–H groups in total. The summed E-state index contributed by atoms with van der Waals surface area (Å²) in [6.45, 7) is 2.75. The molecule has 1 amide bonds. The average molecular weight is 342 g/mol. The van der Waals surface area contributed by atoms with E-state index >= 15 is 0 Å². The van der Waals surface area contributed by atoms with Crippen molar-refractivity contribution in [1.29, 1.82) is 0 Å². The van der Waals surface area contributed by atoms with Crippen molar-refractivity contribution in [2.75, 3.05) is 13.1 Å². The summed E-state index contributed by atoms with van der Waals surface area (Å²) in [5, 5.41) is 10.9. The van der Waals surface area contributed by atoms with Crippen LogP contribution in [0.5, 0.6) is 0 Å². The molecule has 0 radical (unpaired) electrons. The van der Waals surface area contributed by atoms with Crippen LogP contribution in [-0.2, 0) is 13.0 Å². The van der Waals surface area contributed by atoms with Crippen LogP contribution in [0.15, 0.2) is 11.4 Å². The fourth-order valence-electron chi connectivity index (χ4n) is 4.17. The van der Waals surface area contributed by atoms with Crippen molar-refractivity contribution in [3.63, 3.8) is 0 Å². The Bertz CT molecular complexity index is 768. The molecule has 1 aliphatic carbocycles. The number of rotatable bonds is 3. The fraction of sp³-hybridized carbons (Fsp3) is 0.611. The molecule has 6 heteroatoms. The molecule has 0 aromatic carbocycles. The average Bonchev–Trinajstić information content (AvgIpc) is 3.02. The maximum absolute atomic E-state index is 12.9. The molecule has 0 atom stereocenters. The number of carbonyl (C=O) groups is 1. The summed E-state index contributed by atoms with van der Waals surface area (Å²) in [6.07, 6.45) is 6.76. The van der Waals surface area contributed by atoms with E-state index in [1.165, 1.54) is 24.8 Å². The van der Waals surface area contributed by atoms with Gasteiger partial charge in [-0.3, -0.25) is 4.79 Å². The number of amides is 1. The first kappa shape index (κ1) is 14.6. The summed E-state index contributed by atoms with van der Waals surface area (Å²) in [7, 11) is 0. The summed E-state index contributed by atoms with van der Waals surface area (Å²) in [5.41, 5.74) is 1.29. The molecule has 4 heterocycles. The minimum atomic E-state index is 0.247. The number of hydrogen-bond acceptors (Lipinski definition) is 4. The number of fused-ring (bicyclic) bond motifs is 1. The van der Waals surface area contributed by atoms with Gasteiger partial charge in [0.1, 0.15) is 11.6 Å². The third-order valence-corrected chi connectivity index (χ3v) is 6.61. The van der Waals surface area contributed by atoms with Crippen LogP contribution >= 0.6 is 11.3 Å². The summed E-state index contributed by atoms with van der Waals surface area (Å²) in [6, 6.07) is 2.15. The number of thiophene rings is 1. The predicted octanol–water partition coefficient (Wildman–Crippen LogP) is 3.18. The first-order valence-electron chi connectivity index (χ1n) is 9.10. The molecule has 2 aromatic heterocycles. The van der Waals surface area contributed by atoms with Crippen molar-refractivity contribution in [3.8, 4) is 0 Å². The molecule has 2 aromatic rings. The molecular formula is C18H22N4OS. The second kappa shape index (κ2) is 5.69. The number of carbonyl (C=O) groups excluding carboxylic acids is 1. The zero-order chi connectivity index (χ0) is 16.1. The van der Waals surface area contributed by atoms with E-state index in [1.54, 1.807) is 11.3 Å². The topological polar surface area (TPSA) is 51.0 Å². The lowest BCUT2D eigenvalue weighted by atomic mass is 9.95. The van der Waals surface area contributed by atoms with Crippen LogP contribution in [0.25, 0.3) is 0 Å². The fourth-order valence-corrected chi connectivity index (χ4v) is 5.12. The zero-order valence-electron chi connectivity index (χ0n) is 13.8. The highest BCUT2D eigenvalue weighted by Gasteiger charge is 2.33. The van der Waals surface area contributed by atoms with E-state index in [1.807, 2.05) is 0 Å². The molecule has 0 bridgehead atoms. The molecule has 0 unspecified atom stereocenters. The number of aryl methyl sites for hydroxylation is 1. The molecule has 1 saturated heterocycles. The van der Waals surface area contributed by atoms with Gasteiger partial charge in [-0.05, 0) is 55.0 Å². The van der Waals surface area contributed by atoms with Crippen molar-refractivity contribution in [2.45, 2.75) is 56.9 Å². The molecule has 5 rings (SSSR count). The second-order valence-electron chi connectivity index (χ2n) is 7.28. The monoisotopic (exact) mass is 342 g/mol. The van der Waals surface area contributed by atoms with Crippen LogP contribution in [0.2, 0.25) is 0 Å². The van der Waals surface area contributed by atoms with E-state index in [9.17, 15) is 4.79 Å². The summed E-state index contributed by atoms with van der Waals surface area (Å²) in [5.74, 6) is 3.66. The van der Waals surface area contributed by atoms with Gasteiger partial charge in [0.2, 0.25) is 0 Å². The normalized spacial score (nSPS) is 21.2. The molecule has 24 heavy (non-hydrogen) atoms. The SMILES string of the molecule is O=C(c1sccc1C1CC1)N1CCC(c2nnc3n2CCC3)CC1. The summed E-state index contributed by atoms with van der Waals surface area (Å²) in [4.78, 5) is 15.9. The van der Waals surface area contributed by atoms with E-state index < -0.39 is 0 Å². The third kappa shape index (κ3) is 2.39. The van der Waals surface area contributed by atoms with Gasteiger partial charge in [0, 0.05) is 32.0 Å². The van der Waals surface area contributed by atoms with Gasteiger partial charge < -0.3 is 9.47 Å². The molecule has 3 aliphatic rings. The van der Waals surface area contributed by atoms with Crippen LogP contribution in [0.3, 0.4) is 0 Å². The number of hydrogen-bond donors (Lipinski definition) is 0. The lowest BCUT2D eigenvalue weighted by molar-refractivity contribution is 0.0714. The molecule has 2 aliphatic heterocycles. The molecule has 2 fully saturated rings. The van der Waals surface area contributed by atoms with Crippen molar-refractivity contribution in [3.05, 3.63) is 33.5 Å². The van der Waals surface area contributed by atoms with Crippen molar-refractivity contribution in [2.24, 2.45) is 0 Å². The van der Waals surface area contributed by atoms with E-state index in [2.05, 4.69) is 31.1 Å². The molecule has 5 nitrogen and oxygen atoms in total. The van der Waals surface area contributed by atoms with Crippen molar-refractivity contribution < 1.29 is 4.79 Å². The van der Waals surface area contributed by atoms with E-state index in [4.69, 9.17) is 0 Å². The maximum Gasteiger partial charge on any atom is 0.264 e. The number of nitrogens with zero attached hydrogens (tertiary/aromatic N) is 4. The van der Waals surface area contributed by atoms with Gasteiger partial charge in [-0.25, -0.2) is 0 Å². The molecule has 0 spiro atoms. The van der Waals surface area contributed by atoms with Gasteiger partial charge in [0.15, 0.2) is 0 Å². The largest absolute Gasteiger partial charge is 0.338 e. The highest BCUT2D eigenvalue weighted by atomic mass is 32.1. The smallest absolute Gasteiger partial charge is 0.264 e. The van der Waals surface area contributed by atoms with Gasteiger partial charge in [-0.1, -0.05) is 0 Å². The van der Waals surface area contributed by atoms with Gasteiger partial charge in [-0.2, -0.15) is 0 Å². The Morgan fingerprint density at radius 2 is 1.92 bits per heavy atom. The van der Waals surface area contributed by atoms with Crippen LogP contribution < -0.4 is 0 Å².